The molecule has 0 aliphatic carbocycles. The highest BCUT2D eigenvalue weighted by atomic mass is 79.9. The van der Waals surface area contributed by atoms with E-state index in [0.29, 0.717) is 21.6 Å². The van der Waals surface area contributed by atoms with E-state index in [4.69, 9.17) is 17.0 Å². The van der Waals surface area contributed by atoms with Gasteiger partial charge in [-0.15, -0.1) is 0 Å². The van der Waals surface area contributed by atoms with E-state index in [0.717, 1.165) is 25.8 Å². The molecule has 4 rings (SSSR count). The van der Waals surface area contributed by atoms with Crippen LogP contribution in [0.25, 0.3) is 6.08 Å². The van der Waals surface area contributed by atoms with Crippen molar-refractivity contribution >= 4 is 77.8 Å². The fourth-order valence-electron chi connectivity index (χ4n) is 2.95. The number of nitrogens with zero attached hydrogens (tertiary/aromatic N) is 1. The maximum Gasteiger partial charge on any atom is 0.270 e. The fraction of sp³-hybridized carbons (Fsp3) is 0.0435. The number of benzene rings is 3. The van der Waals surface area contributed by atoms with E-state index in [9.17, 15) is 4.79 Å². The van der Waals surface area contributed by atoms with Crippen LogP contribution in [0.3, 0.4) is 0 Å². The molecule has 0 radical (unpaired) electrons. The van der Waals surface area contributed by atoms with Gasteiger partial charge < -0.3 is 4.74 Å². The topological polar surface area (TPSA) is 29.5 Å². The van der Waals surface area contributed by atoms with Crippen molar-refractivity contribution in [2.24, 2.45) is 0 Å². The van der Waals surface area contributed by atoms with Crippen molar-refractivity contribution in [2.75, 3.05) is 4.90 Å². The van der Waals surface area contributed by atoms with Gasteiger partial charge in [-0.3, -0.25) is 9.69 Å². The molecule has 1 saturated heterocycles. The first-order valence-electron chi connectivity index (χ1n) is 9.02. The zero-order chi connectivity index (χ0) is 21.1. The van der Waals surface area contributed by atoms with Crippen molar-refractivity contribution in [2.45, 2.75) is 6.61 Å². The summed E-state index contributed by atoms with van der Waals surface area (Å²) in [7, 11) is 0. The Morgan fingerprint density at radius 1 is 0.967 bits per heavy atom. The maximum absolute atomic E-state index is 12.9. The molecule has 0 bridgehead atoms. The highest BCUT2D eigenvalue weighted by Crippen LogP contribution is 2.39. The second-order valence-electron chi connectivity index (χ2n) is 6.44. The van der Waals surface area contributed by atoms with Gasteiger partial charge in [0.05, 0.1) is 19.5 Å². The molecule has 0 saturated carbocycles. The molecule has 1 heterocycles. The number of thiocarbonyl (C=S) groups is 1. The normalized spacial score (nSPS) is 15.1. The number of para-hydroxylation sites is 1. The third kappa shape index (κ3) is 4.70. The van der Waals surface area contributed by atoms with Gasteiger partial charge in [0.25, 0.3) is 5.91 Å². The summed E-state index contributed by atoms with van der Waals surface area (Å²) < 4.78 is 8.11. The van der Waals surface area contributed by atoms with Gasteiger partial charge in [-0.1, -0.05) is 72.5 Å². The molecule has 0 unspecified atom stereocenters. The van der Waals surface area contributed by atoms with E-state index in [-0.39, 0.29) is 5.91 Å². The lowest BCUT2D eigenvalue weighted by Gasteiger charge is -2.14. The van der Waals surface area contributed by atoms with Gasteiger partial charge in [0.2, 0.25) is 0 Å². The first kappa shape index (κ1) is 21.3. The smallest absolute Gasteiger partial charge is 0.270 e. The largest absolute Gasteiger partial charge is 0.487 e. The van der Waals surface area contributed by atoms with Crippen LogP contribution in [0.1, 0.15) is 11.1 Å². The van der Waals surface area contributed by atoms with Crippen LogP contribution in [0.5, 0.6) is 5.75 Å². The number of carbonyl (C=O) groups excluding carboxylic acids is 1. The van der Waals surface area contributed by atoms with Crippen LogP contribution in [0.2, 0.25) is 0 Å². The molecule has 0 spiro atoms. The fourth-order valence-corrected chi connectivity index (χ4v) is 5.70. The van der Waals surface area contributed by atoms with Gasteiger partial charge in [-0.25, -0.2) is 0 Å². The SMILES string of the molecule is O=C1/C(=C\c2cc(Br)c(OCc3ccccc3)c(Br)c2)SC(=S)N1c1ccccc1. The molecule has 7 heteroatoms. The lowest BCUT2D eigenvalue weighted by molar-refractivity contribution is -0.113. The number of thioether (sulfide) groups is 1. The molecule has 3 nitrogen and oxygen atoms in total. The van der Waals surface area contributed by atoms with E-state index < -0.39 is 0 Å². The van der Waals surface area contributed by atoms with Crippen molar-refractivity contribution < 1.29 is 9.53 Å². The van der Waals surface area contributed by atoms with E-state index in [1.165, 1.54) is 11.8 Å². The van der Waals surface area contributed by atoms with Crippen molar-refractivity contribution in [3.63, 3.8) is 0 Å². The summed E-state index contributed by atoms with van der Waals surface area (Å²) in [5.74, 6) is 0.598. The Kier molecular flexibility index (Phi) is 6.73. The van der Waals surface area contributed by atoms with Crippen LogP contribution in [0.4, 0.5) is 5.69 Å². The number of carbonyl (C=O) groups is 1. The van der Waals surface area contributed by atoms with Crippen LogP contribution >= 0.6 is 55.8 Å². The van der Waals surface area contributed by atoms with Gasteiger partial charge in [-0.2, -0.15) is 0 Å². The van der Waals surface area contributed by atoms with E-state index in [2.05, 4.69) is 31.9 Å². The Morgan fingerprint density at radius 2 is 1.57 bits per heavy atom. The first-order chi connectivity index (χ1) is 14.5. The molecular weight excluding hydrogens is 546 g/mol. The van der Waals surface area contributed by atoms with Gasteiger partial charge in [0.15, 0.2) is 4.32 Å². The second-order valence-corrected chi connectivity index (χ2v) is 9.83. The zero-order valence-electron chi connectivity index (χ0n) is 15.5. The molecule has 1 aliphatic rings. The lowest BCUT2D eigenvalue weighted by Crippen LogP contribution is -2.27. The minimum atomic E-state index is -0.118. The number of anilines is 1. The Morgan fingerprint density at radius 3 is 2.20 bits per heavy atom. The third-order valence-electron chi connectivity index (χ3n) is 4.35. The quantitative estimate of drug-likeness (QED) is 0.244. The molecule has 1 fully saturated rings. The summed E-state index contributed by atoms with van der Waals surface area (Å²) in [4.78, 5) is 15.1. The predicted octanol–water partition coefficient (Wildman–Crippen LogP) is 7.20. The summed E-state index contributed by atoms with van der Waals surface area (Å²) >= 11 is 13.9. The number of halogens is 2. The summed E-state index contributed by atoms with van der Waals surface area (Å²) in [6, 6.07) is 23.3. The molecule has 3 aromatic rings. The molecule has 0 aromatic heterocycles. The Balaban J connectivity index is 1.55. The summed E-state index contributed by atoms with van der Waals surface area (Å²) in [6.45, 7) is 0.465. The average molecular weight is 561 g/mol. The van der Waals surface area contributed by atoms with Gasteiger partial charge in [0.1, 0.15) is 12.4 Å². The molecule has 1 aliphatic heterocycles. The summed E-state index contributed by atoms with van der Waals surface area (Å²) in [5, 5.41) is 0. The number of rotatable bonds is 5. The zero-order valence-corrected chi connectivity index (χ0v) is 20.4. The van der Waals surface area contributed by atoms with Crippen molar-refractivity contribution in [3.8, 4) is 5.75 Å². The molecule has 3 aromatic carbocycles. The van der Waals surface area contributed by atoms with E-state index in [1.54, 1.807) is 4.90 Å². The van der Waals surface area contributed by atoms with Gasteiger partial charge in [-0.05, 0) is 73.3 Å². The van der Waals surface area contributed by atoms with Crippen molar-refractivity contribution in [1.29, 1.82) is 0 Å². The Hall–Kier alpha value is -1.93. The average Bonchev–Trinajstić information content (AvgIpc) is 3.01. The molecule has 1 amide bonds. The lowest BCUT2D eigenvalue weighted by atomic mass is 10.2. The minimum absolute atomic E-state index is 0.118. The molecule has 30 heavy (non-hydrogen) atoms. The third-order valence-corrected chi connectivity index (χ3v) is 6.83. The second kappa shape index (κ2) is 9.47. The van der Waals surface area contributed by atoms with Crippen LogP contribution in [0, 0.1) is 0 Å². The maximum atomic E-state index is 12.9. The summed E-state index contributed by atoms with van der Waals surface area (Å²) in [6.07, 6.45) is 1.85. The molecule has 150 valence electrons. The van der Waals surface area contributed by atoms with Crippen LogP contribution in [-0.4, -0.2) is 10.2 Å². The highest BCUT2D eigenvalue weighted by Gasteiger charge is 2.33. The van der Waals surface area contributed by atoms with E-state index in [1.807, 2.05) is 78.9 Å². The Bertz CT molecular complexity index is 1110. The van der Waals surface area contributed by atoms with Crippen molar-refractivity contribution in [1.82, 2.24) is 0 Å². The number of hydrogen-bond donors (Lipinski definition) is 0. The van der Waals surface area contributed by atoms with Gasteiger partial charge >= 0.3 is 0 Å². The minimum Gasteiger partial charge on any atom is -0.487 e. The van der Waals surface area contributed by atoms with Crippen LogP contribution < -0.4 is 9.64 Å². The monoisotopic (exact) mass is 559 g/mol. The number of amides is 1. The first-order valence-corrected chi connectivity index (χ1v) is 11.8. The summed E-state index contributed by atoms with van der Waals surface area (Å²) in [5.41, 5.74) is 2.73. The van der Waals surface area contributed by atoms with Crippen LogP contribution in [-0.2, 0) is 11.4 Å². The number of hydrogen-bond acceptors (Lipinski definition) is 4. The predicted molar refractivity (Wildman–Crippen MR) is 135 cm³/mol. The van der Waals surface area contributed by atoms with Gasteiger partial charge in [0, 0.05) is 0 Å². The highest BCUT2D eigenvalue weighted by molar-refractivity contribution is 9.11. The number of ether oxygens (including phenoxy) is 1. The molecule has 0 atom stereocenters. The standard InChI is InChI=1S/C23H15Br2NO2S2/c24-18-11-16(12-19(25)21(18)28-14-15-7-3-1-4-8-15)13-20-22(27)26(23(29)30-20)17-9-5-2-6-10-17/h1-13H,14H2/b20-13+. The Labute approximate surface area is 201 Å². The van der Waals surface area contributed by atoms with E-state index >= 15 is 0 Å². The molecule has 0 N–H and O–H groups in total. The molecular formula is C23H15Br2NO2S2. The van der Waals surface area contributed by atoms with Crippen molar-refractivity contribution in [3.05, 3.63) is 97.8 Å². The van der Waals surface area contributed by atoms with Crippen LogP contribution in [0.15, 0.2) is 86.6 Å².